The SMILES string of the molecule is Cc1ccccc1-n1c(Cn2c(=O)sc3ccccc32)nnc1S[C@H](C)c1ccccc1. The molecule has 0 saturated heterocycles. The number of hydrogen-bond acceptors (Lipinski definition) is 5. The van der Waals surface area contributed by atoms with E-state index < -0.39 is 0 Å². The second-order valence-electron chi connectivity index (χ2n) is 7.61. The van der Waals surface area contributed by atoms with E-state index in [4.69, 9.17) is 0 Å². The Balaban J connectivity index is 1.59. The lowest BCUT2D eigenvalue weighted by Gasteiger charge is -2.15. The van der Waals surface area contributed by atoms with Crippen LogP contribution >= 0.6 is 23.1 Å². The zero-order valence-electron chi connectivity index (χ0n) is 17.8. The molecule has 0 aliphatic carbocycles. The molecule has 3 aromatic carbocycles. The van der Waals surface area contributed by atoms with Crippen LogP contribution in [0, 0.1) is 6.92 Å². The molecular weight excluding hydrogens is 436 g/mol. The van der Waals surface area contributed by atoms with Gasteiger partial charge in [0.2, 0.25) is 0 Å². The predicted molar refractivity (Wildman–Crippen MR) is 132 cm³/mol. The normalized spacial score (nSPS) is 12.3. The van der Waals surface area contributed by atoms with Gasteiger partial charge in [0.05, 0.1) is 22.4 Å². The zero-order valence-corrected chi connectivity index (χ0v) is 19.4. The van der Waals surface area contributed by atoms with Crippen LogP contribution < -0.4 is 4.87 Å². The number of hydrogen-bond donors (Lipinski definition) is 0. The topological polar surface area (TPSA) is 52.7 Å². The van der Waals surface area contributed by atoms with Gasteiger partial charge in [0.25, 0.3) is 0 Å². The summed E-state index contributed by atoms with van der Waals surface area (Å²) in [6.07, 6.45) is 0. The van der Waals surface area contributed by atoms with Crippen molar-refractivity contribution >= 4 is 33.3 Å². The minimum absolute atomic E-state index is 0.0115. The van der Waals surface area contributed by atoms with E-state index in [0.29, 0.717) is 6.54 Å². The first-order chi connectivity index (χ1) is 15.6. The average Bonchev–Trinajstić information content (AvgIpc) is 3.35. The fourth-order valence-corrected chi connectivity index (χ4v) is 5.69. The summed E-state index contributed by atoms with van der Waals surface area (Å²) in [6, 6.07) is 26.5. The highest BCUT2D eigenvalue weighted by Crippen LogP contribution is 2.35. The summed E-state index contributed by atoms with van der Waals surface area (Å²) in [4.78, 5) is 12.8. The van der Waals surface area contributed by atoms with E-state index in [-0.39, 0.29) is 10.1 Å². The van der Waals surface area contributed by atoms with Gasteiger partial charge in [-0.05, 0) is 43.2 Å². The van der Waals surface area contributed by atoms with E-state index >= 15 is 0 Å². The lowest BCUT2D eigenvalue weighted by molar-refractivity contribution is 0.724. The van der Waals surface area contributed by atoms with Crippen LogP contribution in [0.2, 0.25) is 0 Å². The maximum Gasteiger partial charge on any atom is 0.308 e. The van der Waals surface area contributed by atoms with Crippen LogP contribution in [0.1, 0.15) is 29.1 Å². The minimum atomic E-state index is 0.0115. The summed E-state index contributed by atoms with van der Waals surface area (Å²) < 4.78 is 4.86. The predicted octanol–water partition coefficient (Wildman–Crippen LogP) is 5.85. The second-order valence-corrected chi connectivity index (χ2v) is 9.91. The Bertz CT molecular complexity index is 1440. The van der Waals surface area contributed by atoms with E-state index in [1.807, 2.05) is 42.5 Å². The second kappa shape index (κ2) is 8.76. The van der Waals surface area contributed by atoms with Gasteiger partial charge >= 0.3 is 4.87 Å². The van der Waals surface area contributed by atoms with Gasteiger partial charge in [-0.15, -0.1) is 10.2 Å². The third-order valence-electron chi connectivity index (χ3n) is 5.48. The molecule has 32 heavy (non-hydrogen) atoms. The molecule has 0 spiro atoms. The zero-order chi connectivity index (χ0) is 22.1. The first-order valence-corrected chi connectivity index (χ1v) is 12.1. The minimum Gasteiger partial charge on any atom is -0.291 e. The molecule has 0 amide bonds. The van der Waals surface area contributed by atoms with Crippen LogP contribution in [0.5, 0.6) is 0 Å². The number of aryl methyl sites for hydroxylation is 1. The lowest BCUT2D eigenvalue weighted by atomic mass is 10.2. The van der Waals surface area contributed by atoms with Gasteiger partial charge in [0.15, 0.2) is 11.0 Å². The summed E-state index contributed by atoms with van der Waals surface area (Å²) in [5.74, 6) is 0.743. The standard InChI is InChI=1S/C25H22N4OS2/c1-17-10-6-7-13-20(17)29-23(16-28-21-14-8-9-15-22(21)32-25(28)30)26-27-24(29)31-18(2)19-11-4-3-5-12-19/h3-15,18H,16H2,1-2H3/t18-/m1/s1. The Hall–Kier alpha value is -3.16. The molecule has 0 unspecified atom stereocenters. The molecule has 0 aliphatic rings. The van der Waals surface area contributed by atoms with Crippen molar-refractivity contribution < 1.29 is 0 Å². The van der Waals surface area contributed by atoms with Gasteiger partial charge in [-0.1, -0.05) is 83.8 Å². The molecule has 5 nitrogen and oxygen atoms in total. The van der Waals surface area contributed by atoms with Gasteiger partial charge in [-0.3, -0.25) is 13.9 Å². The van der Waals surface area contributed by atoms with Crippen LogP contribution in [0.4, 0.5) is 0 Å². The first kappa shape index (κ1) is 20.7. The molecule has 1 atom stereocenters. The van der Waals surface area contributed by atoms with Gasteiger partial charge in [-0.2, -0.15) is 0 Å². The van der Waals surface area contributed by atoms with E-state index in [9.17, 15) is 4.79 Å². The molecule has 0 radical (unpaired) electrons. The van der Waals surface area contributed by atoms with Crippen molar-refractivity contribution in [3.8, 4) is 5.69 Å². The number of thiazole rings is 1. The number of benzene rings is 3. The molecule has 160 valence electrons. The number of para-hydroxylation sites is 2. The van der Waals surface area contributed by atoms with Crippen molar-refractivity contribution in [1.82, 2.24) is 19.3 Å². The van der Waals surface area contributed by atoms with Gasteiger partial charge in [0, 0.05) is 5.25 Å². The Morgan fingerprint density at radius 2 is 1.66 bits per heavy atom. The Morgan fingerprint density at radius 3 is 2.47 bits per heavy atom. The van der Waals surface area contributed by atoms with Crippen LogP contribution in [0.25, 0.3) is 15.9 Å². The molecule has 5 rings (SSSR count). The molecule has 2 heterocycles. The first-order valence-electron chi connectivity index (χ1n) is 10.4. The van der Waals surface area contributed by atoms with Crippen molar-refractivity contribution in [3.05, 3.63) is 105 Å². The number of aromatic nitrogens is 4. The molecule has 0 fully saturated rings. The van der Waals surface area contributed by atoms with Crippen molar-refractivity contribution in [2.45, 2.75) is 30.8 Å². The number of fused-ring (bicyclic) bond motifs is 1. The fourth-order valence-electron chi connectivity index (χ4n) is 3.79. The third-order valence-corrected chi connectivity index (χ3v) is 7.54. The monoisotopic (exact) mass is 458 g/mol. The smallest absolute Gasteiger partial charge is 0.291 e. The summed E-state index contributed by atoms with van der Waals surface area (Å²) in [6.45, 7) is 4.62. The van der Waals surface area contributed by atoms with E-state index in [0.717, 1.165) is 32.4 Å². The van der Waals surface area contributed by atoms with E-state index in [2.05, 4.69) is 65.0 Å². The van der Waals surface area contributed by atoms with E-state index in [1.165, 1.54) is 16.9 Å². The molecule has 0 saturated carbocycles. The van der Waals surface area contributed by atoms with Gasteiger partial charge in [-0.25, -0.2) is 0 Å². The molecule has 0 bridgehead atoms. The summed E-state index contributed by atoms with van der Waals surface area (Å²) in [5.41, 5.74) is 4.32. The van der Waals surface area contributed by atoms with Gasteiger partial charge < -0.3 is 0 Å². The van der Waals surface area contributed by atoms with Crippen molar-refractivity contribution in [1.29, 1.82) is 0 Å². The van der Waals surface area contributed by atoms with Crippen molar-refractivity contribution in [2.75, 3.05) is 0 Å². The maximum absolute atomic E-state index is 12.7. The molecule has 2 aromatic heterocycles. The van der Waals surface area contributed by atoms with Crippen LogP contribution in [-0.4, -0.2) is 19.3 Å². The fraction of sp³-hybridized carbons (Fsp3) is 0.160. The van der Waals surface area contributed by atoms with Crippen LogP contribution in [0.3, 0.4) is 0 Å². The average molecular weight is 459 g/mol. The highest BCUT2D eigenvalue weighted by Gasteiger charge is 2.20. The summed E-state index contributed by atoms with van der Waals surface area (Å²) >= 11 is 2.93. The summed E-state index contributed by atoms with van der Waals surface area (Å²) in [5, 5.41) is 10.1. The van der Waals surface area contributed by atoms with Crippen molar-refractivity contribution in [3.63, 3.8) is 0 Å². The molecule has 0 N–H and O–H groups in total. The van der Waals surface area contributed by atoms with Crippen LogP contribution in [-0.2, 0) is 6.54 Å². The third kappa shape index (κ3) is 3.89. The largest absolute Gasteiger partial charge is 0.308 e. The van der Waals surface area contributed by atoms with E-state index in [1.54, 1.807) is 16.3 Å². The van der Waals surface area contributed by atoms with Crippen LogP contribution in [0.15, 0.2) is 88.8 Å². The highest BCUT2D eigenvalue weighted by atomic mass is 32.2. The van der Waals surface area contributed by atoms with Crippen molar-refractivity contribution in [2.24, 2.45) is 0 Å². The quantitative estimate of drug-likeness (QED) is 0.299. The molecule has 5 aromatic rings. The van der Waals surface area contributed by atoms with Gasteiger partial charge in [0.1, 0.15) is 0 Å². The lowest BCUT2D eigenvalue weighted by Crippen LogP contribution is -2.17. The summed E-state index contributed by atoms with van der Waals surface area (Å²) in [7, 11) is 0. The maximum atomic E-state index is 12.7. The number of nitrogens with zero attached hydrogens (tertiary/aromatic N) is 4. The Labute approximate surface area is 194 Å². The highest BCUT2D eigenvalue weighted by molar-refractivity contribution is 7.99. The molecular formula is C25H22N4OS2. The number of rotatable bonds is 6. The Kier molecular flexibility index (Phi) is 5.68. The number of thioether (sulfide) groups is 1. The molecule has 0 aliphatic heterocycles. The Morgan fingerprint density at radius 1 is 0.938 bits per heavy atom. The molecule has 7 heteroatoms.